The molecule has 284 valence electrons. The molecule has 3 aromatic heterocycles. The van der Waals surface area contributed by atoms with Gasteiger partial charge in [0, 0.05) is 18.0 Å². The number of aromatic nitrogens is 3. The molecule has 1 atom stereocenters. The van der Waals surface area contributed by atoms with Gasteiger partial charge in [0.1, 0.15) is 0 Å². The van der Waals surface area contributed by atoms with Crippen molar-refractivity contribution in [2.75, 3.05) is 67.6 Å². The third-order valence-electron chi connectivity index (χ3n) is 11.0. The van der Waals surface area contributed by atoms with Gasteiger partial charge < -0.3 is 4.42 Å². The van der Waals surface area contributed by atoms with Crippen molar-refractivity contribution in [2.45, 2.75) is 53.1 Å². The fraction of sp³-hybridized carbons (Fsp3) is 0.526. The Kier molecular flexibility index (Phi) is 10.7. The van der Waals surface area contributed by atoms with Gasteiger partial charge in [0.25, 0.3) is 0 Å². The average Bonchev–Trinajstić information content (AvgIpc) is 3.46. The van der Waals surface area contributed by atoms with E-state index in [0.29, 0.717) is 46.8 Å². The summed E-state index contributed by atoms with van der Waals surface area (Å²) >= 11 is 0. The number of rotatable bonds is 10. The van der Waals surface area contributed by atoms with Crippen LogP contribution in [0.2, 0.25) is 0 Å². The molecule has 2 fully saturated rings. The Balaban J connectivity index is 1.33. The second-order valence-electron chi connectivity index (χ2n) is 16.6. The van der Waals surface area contributed by atoms with E-state index in [4.69, 9.17) is 14.1 Å². The molecule has 1 aromatic carbocycles. The number of oxazole rings is 1. The minimum absolute atomic E-state index is 0.00927. The Morgan fingerprint density at radius 1 is 0.904 bits per heavy atom. The van der Waals surface area contributed by atoms with Crippen molar-refractivity contribution in [2.24, 2.45) is 10.8 Å². The summed E-state index contributed by atoms with van der Waals surface area (Å²) in [7, 11) is 2.91. The number of hydrogen-bond acceptors (Lipinski definition) is 12. The fourth-order valence-corrected chi connectivity index (χ4v) is 17.5. The summed E-state index contributed by atoms with van der Waals surface area (Å²) < 4.78 is 20.5. The molecule has 0 aliphatic carbocycles. The van der Waals surface area contributed by atoms with Crippen LogP contribution in [0.3, 0.4) is 0 Å². The summed E-state index contributed by atoms with van der Waals surface area (Å²) in [4.78, 5) is 53.1. The molecule has 12 nitrogen and oxygen atoms in total. The van der Waals surface area contributed by atoms with Gasteiger partial charge in [0.05, 0.1) is 0 Å². The van der Waals surface area contributed by atoms with Crippen LogP contribution in [-0.2, 0) is 6.42 Å². The predicted octanol–water partition coefficient (Wildman–Crippen LogP) is 6.24. The first kappa shape index (κ1) is 38.8. The van der Waals surface area contributed by atoms with Gasteiger partial charge in [0.2, 0.25) is 5.89 Å². The van der Waals surface area contributed by atoms with Crippen molar-refractivity contribution in [1.82, 2.24) is 33.6 Å². The number of aryl methyl sites for hydroxylation is 2. The van der Waals surface area contributed by atoms with Crippen LogP contribution >= 0.6 is 15.6 Å². The van der Waals surface area contributed by atoms with Gasteiger partial charge >= 0.3 is 258 Å². The maximum atomic E-state index is 13.5. The van der Waals surface area contributed by atoms with E-state index in [1.165, 1.54) is 0 Å². The molecule has 0 bridgehead atoms. The first-order valence-corrected chi connectivity index (χ1v) is 22.0. The molecule has 52 heavy (non-hydrogen) atoms. The van der Waals surface area contributed by atoms with Crippen LogP contribution in [-0.4, -0.2) is 117 Å². The molecule has 0 saturated carbocycles. The SMILES string of the molecule is COc1cc2cc(C(=O)CCc3nc(-c4ccncc4)oc3C)ccc2nc1C(C[PH]1(O)N(C)CC(C)(C)CN1C)[PH]1(O)N(C)CC(C)(C)CN1C. The first-order valence-electron chi connectivity index (χ1n) is 18.1. The van der Waals surface area contributed by atoms with E-state index < -0.39 is 21.2 Å². The van der Waals surface area contributed by atoms with Crippen molar-refractivity contribution in [3.63, 3.8) is 0 Å². The monoisotopic (exact) mass is 753 g/mol. The van der Waals surface area contributed by atoms with E-state index in [0.717, 1.165) is 42.8 Å². The summed E-state index contributed by atoms with van der Waals surface area (Å²) in [5, 5.41) is 0.771. The minimum atomic E-state index is -3.49. The zero-order chi connectivity index (χ0) is 37.8. The molecular formula is C38H57N7O5P2. The third-order valence-corrected chi connectivity index (χ3v) is 19.1. The van der Waals surface area contributed by atoms with Crippen LogP contribution in [0.1, 0.15) is 67.3 Å². The zero-order valence-corrected chi connectivity index (χ0v) is 34.4. The van der Waals surface area contributed by atoms with E-state index in [9.17, 15) is 14.6 Å². The number of hydrogen-bond donors (Lipinski definition) is 2. The van der Waals surface area contributed by atoms with Gasteiger partial charge in [-0.2, -0.15) is 0 Å². The predicted molar refractivity (Wildman–Crippen MR) is 212 cm³/mol. The van der Waals surface area contributed by atoms with E-state index in [2.05, 4.69) is 56.3 Å². The number of Topliss-reactive ketones (excluding diaryl/α,β-unsaturated/α-hetero) is 1. The molecule has 2 N–H and O–H groups in total. The first-order chi connectivity index (χ1) is 24.4. The summed E-state index contributed by atoms with van der Waals surface area (Å²) in [5.41, 5.74) is 3.00. The quantitative estimate of drug-likeness (QED) is 0.140. The zero-order valence-electron chi connectivity index (χ0n) is 32.4. The Bertz CT molecular complexity index is 1910. The summed E-state index contributed by atoms with van der Waals surface area (Å²) in [6.45, 7) is 13.7. The molecule has 2 aliphatic rings. The topological polar surface area (TPSA) is 132 Å². The summed E-state index contributed by atoms with van der Waals surface area (Å²) in [6, 6.07) is 11.2. The van der Waals surface area contributed by atoms with Gasteiger partial charge in [-0.15, -0.1) is 0 Å². The number of carbonyl (C=O) groups is 1. The van der Waals surface area contributed by atoms with E-state index >= 15 is 0 Å². The Morgan fingerprint density at radius 3 is 2.10 bits per heavy atom. The second kappa shape index (κ2) is 14.4. The average molecular weight is 754 g/mol. The van der Waals surface area contributed by atoms with Crippen LogP contribution in [0.15, 0.2) is 53.2 Å². The molecule has 14 heteroatoms. The molecule has 5 heterocycles. The molecule has 0 spiro atoms. The number of ketones is 1. The normalized spacial score (nSPS) is 22.5. The van der Waals surface area contributed by atoms with Crippen molar-refractivity contribution in [3.8, 4) is 17.2 Å². The van der Waals surface area contributed by atoms with Gasteiger partial charge in [-0.25, -0.2) is 0 Å². The number of ether oxygens (including phenoxy) is 1. The number of carbonyl (C=O) groups excluding carboxylic acids is 1. The van der Waals surface area contributed by atoms with E-state index in [-0.39, 0.29) is 23.0 Å². The summed E-state index contributed by atoms with van der Waals surface area (Å²) in [5.74, 6) is 1.74. The van der Waals surface area contributed by atoms with Crippen molar-refractivity contribution in [3.05, 3.63) is 71.5 Å². The van der Waals surface area contributed by atoms with E-state index in [1.54, 1.807) is 19.5 Å². The number of methoxy groups -OCH3 is 1. The number of benzene rings is 1. The molecule has 0 amide bonds. The molecule has 1 unspecified atom stereocenters. The number of nitrogens with zero attached hydrogens (tertiary/aromatic N) is 7. The van der Waals surface area contributed by atoms with Crippen molar-refractivity contribution in [1.29, 1.82) is 0 Å². The summed E-state index contributed by atoms with van der Waals surface area (Å²) in [6.07, 6.45) is 4.48. The van der Waals surface area contributed by atoms with Crippen LogP contribution < -0.4 is 4.74 Å². The third kappa shape index (κ3) is 7.42. The Labute approximate surface area is 309 Å². The van der Waals surface area contributed by atoms with Crippen molar-refractivity contribution < 1.29 is 23.7 Å². The van der Waals surface area contributed by atoms with Gasteiger partial charge in [0.15, 0.2) is 0 Å². The van der Waals surface area contributed by atoms with Crippen LogP contribution in [0.25, 0.3) is 22.4 Å². The maximum absolute atomic E-state index is 13.5. The number of pyridine rings is 2. The molecule has 0 radical (unpaired) electrons. The van der Waals surface area contributed by atoms with Crippen LogP contribution in [0, 0.1) is 17.8 Å². The standard InChI is InChI=1S/C38H57N7O5P2/c1-26-30(41-36(50-26)27-15-17-39-18-16-27)13-14-32(46)28-11-12-31-29(19-28)20-33(49-10)35(40-31)34(52(48)44(8)24-38(4,5)25-45(52)9)21-51(47)42(6)22-37(2,3)23-43(51)7/h11-12,15-20,34,47-48,51-52H,13-14,21-25H2,1-10H3. The van der Waals surface area contributed by atoms with Gasteiger partial charge in [-0.05, 0) is 19.1 Å². The van der Waals surface area contributed by atoms with Gasteiger partial charge in [-0.1, -0.05) is 0 Å². The molecule has 2 saturated heterocycles. The Hall–Kier alpha value is -2.92. The Morgan fingerprint density at radius 2 is 1.50 bits per heavy atom. The van der Waals surface area contributed by atoms with E-state index in [1.807, 2.05) is 71.5 Å². The van der Waals surface area contributed by atoms with Crippen molar-refractivity contribution >= 4 is 32.3 Å². The molecule has 6 rings (SSSR count). The fourth-order valence-electron chi connectivity index (χ4n) is 8.68. The second-order valence-corrected chi connectivity index (χ2v) is 23.7. The molecule has 2 aliphatic heterocycles. The van der Waals surface area contributed by atoms with Gasteiger partial charge in [-0.3, -0.25) is 4.98 Å². The van der Waals surface area contributed by atoms with Crippen LogP contribution in [0.5, 0.6) is 5.75 Å². The number of fused-ring (bicyclic) bond motifs is 1. The molecule has 4 aromatic rings. The molecular weight excluding hydrogens is 696 g/mol. The van der Waals surface area contributed by atoms with Crippen LogP contribution in [0.4, 0.5) is 0 Å².